The fourth-order valence-electron chi connectivity index (χ4n) is 2.41. The van der Waals surface area contributed by atoms with Gasteiger partial charge in [0.15, 0.2) is 16.6 Å². The van der Waals surface area contributed by atoms with E-state index in [0.717, 1.165) is 5.56 Å². The van der Waals surface area contributed by atoms with Gasteiger partial charge in [-0.2, -0.15) is 0 Å². The fraction of sp³-hybridized carbons (Fsp3) is 0.412. The van der Waals surface area contributed by atoms with Crippen LogP contribution in [-0.2, 0) is 4.79 Å². The Kier molecular flexibility index (Phi) is 5.60. The van der Waals surface area contributed by atoms with Crippen molar-refractivity contribution >= 4 is 29.3 Å². The summed E-state index contributed by atoms with van der Waals surface area (Å²) in [5, 5.41) is 0.528. The van der Waals surface area contributed by atoms with Crippen molar-refractivity contribution in [2.45, 2.75) is 20.8 Å². The number of carbonyl (C=O) groups is 1. The zero-order valence-electron chi connectivity index (χ0n) is 14.0. The summed E-state index contributed by atoms with van der Waals surface area (Å²) in [6.45, 7) is 7.44. The minimum atomic E-state index is -0.0770. The molecule has 0 aliphatic carbocycles. The minimum absolute atomic E-state index is 0.0770. The highest BCUT2D eigenvalue weighted by Crippen LogP contribution is 2.30. The third-order valence-electron chi connectivity index (χ3n) is 3.53. The molecule has 1 heterocycles. The molecule has 1 aliphatic heterocycles. The van der Waals surface area contributed by atoms with Gasteiger partial charge < -0.3 is 14.4 Å². The van der Waals surface area contributed by atoms with Gasteiger partial charge in [-0.1, -0.05) is 6.07 Å². The number of thiocarbonyl (C=S) groups is 1. The van der Waals surface area contributed by atoms with E-state index in [1.54, 1.807) is 16.8 Å². The Hall–Kier alpha value is -2.08. The third-order valence-corrected chi connectivity index (χ3v) is 4.02. The van der Waals surface area contributed by atoms with E-state index < -0.39 is 0 Å². The number of hydrogen-bond acceptors (Lipinski definition) is 4. The van der Waals surface area contributed by atoms with Gasteiger partial charge in [0.1, 0.15) is 5.70 Å². The predicted octanol–water partition coefficient (Wildman–Crippen LogP) is 2.90. The first kappa shape index (κ1) is 17.3. The lowest BCUT2D eigenvalue weighted by Gasteiger charge is -2.14. The van der Waals surface area contributed by atoms with E-state index in [0.29, 0.717) is 42.1 Å². The Morgan fingerprint density at radius 3 is 2.35 bits per heavy atom. The molecule has 1 aromatic carbocycles. The molecule has 5 nitrogen and oxygen atoms in total. The van der Waals surface area contributed by atoms with Crippen LogP contribution in [0.5, 0.6) is 11.5 Å². The van der Waals surface area contributed by atoms with Gasteiger partial charge in [-0.05, 0) is 56.8 Å². The Morgan fingerprint density at radius 1 is 1.13 bits per heavy atom. The van der Waals surface area contributed by atoms with Crippen molar-refractivity contribution in [1.82, 2.24) is 9.80 Å². The number of ether oxygens (including phenoxy) is 2. The molecule has 0 aromatic heterocycles. The standard InChI is InChI=1S/C17H22N2O3S/c1-5-19-16(20)13(18(4)17(19)23)10-12-8-9-14(21-6-2)15(11-12)22-7-3/h8-11H,5-7H2,1-4H3/b13-10-. The van der Waals surface area contributed by atoms with Gasteiger partial charge in [-0.25, -0.2) is 0 Å². The molecule has 23 heavy (non-hydrogen) atoms. The number of carbonyl (C=O) groups excluding carboxylic acids is 1. The summed E-state index contributed by atoms with van der Waals surface area (Å²) in [5.74, 6) is 1.30. The highest BCUT2D eigenvalue weighted by molar-refractivity contribution is 7.80. The maximum atomic E-state index is 12.4. The highest BCUT2D eigenvalue weighted by atomic mass is 32.1. The zero-order valence-corrected chi connectivity index (χ0v) is 14.8. The highest BCUT2D eigenvalue weighted by Gasteiger charge is 2.34. The molecule has 0 atom stereocenters. The Morgan fingerprint density at radius 2 is 1.78 bits per heavy atom. The first-order valence-corrected chi connectivity index (χ1v) is 8.15. The van der Waals surface area contributed by atoms with Gasteiger partial charge in [0.2, 0.25) is 0 Å². The molecule has 0 N–H and O–H groups in total. The van der Waals surface area contributed by atoms with Crippen molar-refractivity contribution in [3.8, 4) is 11.5 Å². The Bertz CT molecular complexity index is 643. The van der Waals surface area contributed by atoms with Crippen LogP contribution in [0.1, 0.15) is 26.3 Å². The van der Waals surface area contributed by atoms with Gasteiger partial charge in [0.05, 0.1) is 13.2 Å². The number of hydrogen-bond donors (Lipinski definition) is 0. The van der Waals surface area contributed by atoms with Crippen molar-refractivity contribution in [3.05, 3.63) is 29.5 Å². The SMILES string of the molecule is CCOc1ccc(/C=C2/C(=O)N(CC)C(=S)N2C)cc1OCC. The van der Waals surface area contributed by atoms with Gasteiger partial charge in [-0.3, -0.25) is 9.69 Å². The molecular formula is C17H22N2O3S. The minimum Gasteiger partial charge on any atom is -0.490 e. The lowest BCUT2D eigenvalue weighted by Crippen LogP contribution is -2.30. The maximum Gasteiger partial charge on any atom is 0.276 e. The van der Waals surface area contributed by atoms with Crippen molar-refractivity contribution in [1.29, 1.82) is 0 Å². The number of rotatable bonds is 6. The van der Waals surface area contributed by atoms with Crippen LogP contribution in [0.4, 0.5) is 0 Å². The molecule has 0 saturated carbocycles. The second kappa shape index (κ2) is 7.46. The Labute approximate surface area is 142 Å². The van der Waals surface area contributed by atoms with E-state index in [2.05, 4.69) is 0 Å². The van der Waals surface area contributed by atoms with E-state index in [9.17, 15) is 4.79 Å². The average molecular weight is 334 g/mol. The van der Waals surface area contributed by atoms with E-state index in [-0.39, 0.29) is 5.91 Å². The van der Waals surface area contributed by atoms with Crippen LogP contribution in [0.2, 0.25) is 0 Å². The van der Waals surface area contributed by atoms with Crippen LogP contribution >= 0.6 is 12.2 Å². The van der Waals surface area contributed by atoms with Crippen LogP contribution in [0, 0.1) is 0 Å². The number of nitrogens with zero attached hydrogens (tertiary/aromatic N) is 2. The molecule has 124 valence electrons. The zero-order chi connectivity index (χ0) is 17.0. The van der Waals surface area contributed by atoms with E-state index in [1.165, 1.54) is 0 Å². The maximum absolute atomic E-state index is 12.4. The summed E-state index contributed by atoms with van der Waals surface area (Å²) in [5.41, 5.74) is 1.43. The average Bonchev–Trinajstić information content (AvgIpc) is 2.73. The third kappa shape index (κ3) is 3.47. The van der Waals surface area contributed by atoms with Gasteiger partial charge in [-0.15, -0.1) is 0 Å². The monoisotopic (exact) mass is 334 g/mol. The largest absolute Gasteiger partial charge is 0.490 e. The molecule has 1 aliphatic rings. The van der Waals surface area contributed by atoms with Crippen LogP contribution < -0.4 is 9.47 Å². The summed E-state index contributed by atoms with van der Waals surface area (Å²) >= 11 is 5.30. The van der Waals surface area contributed by atoms with E-state index >= 15 is 0 Å². The molecule has 1 aromatic rings. The molecule has 0 spiro atoms. The molecule has 0 bridgehead atoms. The second-order valence-corrected chi connectivity index (χ2v) is 5.36. The van der Waals surface area contributed by atoms with Crippen LogP contribution in [-0.4, -0.2) is 47.6 Å². The van der Waals surface area contributed by atoms with Crippen molar-refractivity contribution < 1.29 is 14.3 Å². The number of benzene rings is 1. The lowest BCUT2D eigenvalue weighted by atomic mass is 10.1. The van der Waals surface area contributed by atoms with E-state index in [1.807, 2.05) is 45.0 Å². The summed E-state index contributed by atoms with van der Waals surface area (Å²) in [6, 6.07) is 5.63. The fourth-order valence-corrected chi connectivity index (χ4v) is 2.72. The van der Waals surface area contributed by atoms with E-state index in [4.69, 9.17) is 21.7 Å². The van der Waals surface area contributed by atoms with Crippen molar-refractivity contribution in [2.24, 2.45) is 0 Å². The number of likely N-dealkylation sites (N-methyl/N-ethyl adjacent to an activating group) is 2. The topological polar surface area (TPSA) is 42.0 Å². The summed E-state index contributed by atoms with van der Waals surface area (Å²) in [6.07, 6.45) is 1.82. The quantitative estimate of drug-likeness (QED) is 0.591. The molecule has 0 radical (unpaired) electrons. The molecule has 6 heteroatoms. The second-order valence-electron chi connectivity index (χ2n) is 4.99. The summed E-state index contributed by atoms with van der Waals surface area (Å²) in [7, 11) is 1.81. The number of amides is 1. The molecule has 0 unspecified atom stereocenters. The van der Waals surface area contributed by atoms with Gasteiger partial charge >= 0.3 is 0 Å². The molecule has 1 fully saturated rings. The smallest absolute Gasteiger partial charge is 0.276 e. The van der Waals surface area contributed by atoms with Crippen molar-refractivity contribution in [3.63, 3.8) is 0 Å². The Balaban J connectivity index is 2.37. The summed E-state index contributed by atoms with van der Waals surface area (Å²) in [4.78, 5) is 15.7. The lowest BCUT2D eigenvalue weighted by molar-refractivity contribution is -0.122. The molecule has 2 rings (SSSR count). The van der Waals surface area contributed by atoms with Crippen molar-refractivity contribution in [2.75, 3.05) is 26.8 Å². The predicted molar refractivity (Wildman–Crippen MR) is 94.5 cm³/mol. The van der Waals surface area contributed by atoms with Gasteiger partial charge in [0, 0.05) is 13.6 Å². The molecular weight excluding hydrogens is 312 g/mol. The van der Waals surface area contributed by atoms with Gasteiger partial charge in [0.25, 0.3) is 5.91 Å². The normalized spacial score (nSPS) is 16.4. The first-order valence-electron chi connectivity index (χ1n) is 7.74. The van der Waals surface area contributed by atoms with Crippen LogP contribution in [0.25, 0.3) is 6.08 Å². The molecule has 1 amide bonds. The van der Waals surface area contributed by atoms with Crippen LogP contribution in [0.15, 0.2) is 23.9 Å². The first-order chi connectivity index (χ1) is 11.0. The summed E-state index contributed by atoms with van der Waals surface area (Å²) < 4.78 is 11.2. The van der Waals surface area contributed by atoms with Crippen LogP contribution in [0.3, 0.4) is 0 Å². The molecule has 1 saturated heterocycles.